The molecule has 0 saturated carbocycles. The summed E-state index contributed by atoms with van der Waals surface area (Å²) in [5, 5.41) is 15.5. The Bertz CT molecular complexity index is 1310. The van der Waals surface area contributed by atoms with Crippen molar-refractivity contribution in [1.82, 2.24) is 19.5 Å². The molecule has 1 N–H and O–H groups in total. The number of fused-ring (bicyclic) bond motifs is 1. The first-order chi connectivity index (χ1) is 17.0. The number of ether oxygens (including phenoxy) is 2. The van der Waals surface area contributed by atoms with Crippen molar-refractivity contribution in [2.24, 2.45) is 0 Å². The summed E-state index contributed by atoms with van der Waals surface area (Å²) in [6.45, 7) is 7.34. The van der Waals surface area contributed by atoms with Gasteiger partial charge in [-0.05, 0) is 55.8 Å². The Morgan fingerprint density at radius 2 is 1.83 bits per heavy atom. The Hall–Kier alpha value is -3.37. The zero-order valence-corrected chi connectivity index (χ0v) is 20.8. The third-order valence-corrected chi connectivity index (χ3v) is 7.30. The Balaban J connectivity index is 1.50. The zero-order chi connectivity index (χ0) is 24.5. The number of benzene rings is 2. The molecular formula is C25H28FN5O3S. The number of rotatable bonds is 7. The molecule has 8 nitrogen and oxygen atoms in total. The summed E-state index contributed by atoms with van der Waals surface area (Å²) in [6.07, 6.45) is 0. The van der Waals surface area contributed by atoms with Gasteiger partial charge in [-0.1, -0.05) is 17.4 Å². The predicted molar refractivity (Wildman–Crippen MR) is 133 cm³/mol. The van der Waals surface area contributed by atoms with Gasteiger partial charge in [-0.25, -0.2) is 9.37 Å². The van der Waals surface area contributed by atoms with Crippen LogP contribution in [0.25, 0.3) is 4.96 Å². The van der Waals surface area contributed by atoms with Gasteiger partial charge in [0, 0.05) is 31.9 Å². The highest BCUT2D eigenvalue weighted by molar-refractivity contribution is 7.17. The average molecular weight is 498 g/mol. The van der Waals surface area contributed by atoms with Crippen LogP contribution in [-0.2, 0) is 0 Å². The van der Waals surface area contributed by atoms with E-state index >= 15 is 0 Å². The average Bonchev–Trinajstić information content (AvgIpc) is 3.38. The quantitative estimate of drug-likeness (QED) is 0.409. The summed E-state index contributed by atoms with van der Waals surface area (Å²) in [5.74, 6) is 1.81. The number of aromatic nitrogens is 3. The van der Waals surface area contributed by atoms with Crippen molar-refractivity contribution in [3.05, 3.63) is 64.5 Å². The number of hydrogen-bond donors (Lipinski definition) is 1. The van der Waals surface area contributed by atoms with Crippen LogP contribution in [0, 0.1) is 12.7 Å². The van der Waals surface area contributed by atoms with E-state index in [0.717, 1.165) is 42.3 Å². The van der Waals surface area contributed by atoms with Gasteiger partial charge < -0.3 is 19.5 Å². The number of thiazole rings is 1. The number of aryl methyl sites for hydroxylation is 1. The molecule has 0 unspecified atom stereocenters. The Kier molecular flexibility index (Phi) is 6.48. The topological polar surface area (TPSA) is 75.4 Å². The molecule has 2 aromatic heterocycles. The highest BCUT2D eigenvalue weighted by Crippen LogP contribution is 2.42. The molecule has 0 radical (unpaired) electrons. The first kappa shape index (κ1) is 23.4. The molecule has 0 spiro atoms. The van der Waals surface area contributed by atoms with Crippen LogP contribution in [0.3, 0.4) is 0 Å². The van der Waals surface area contributed by atoms with Crippen molar-refractivity contribution >= 4 is 22.0 Å². The van der Waals surface area contributed by atoms with Crippen molar-refractivity contribution in [3.8, 4) is 17.4 Å². The van der Waals surface area contributed by atoms with Crippen LogP contribution < -0.4 is 14.4 Å². The molecule has 35 heavy (non-hydrogen) atoms. The van der Waals surface area contributed by atoms with Crippen molar-refractivity contribution in [1.29, 1.82) is 0 Å². The van der Waals surface area contributed by atoms with E-state index in [9.17, 15) is 9.50 Å². The first-order valence-corrected chi connectivity index (χ1v) is 12.4. The van der Waals surface area contributed by atoms with Gasteiger partial charge in [0.2, 0.25) is 10.8 Å². The van der Waals surface area contributed by atoms with Crippen LogP contribution >= 0.6 is 11.3 Å². The second-order valence-electron chi connectivity index (χ2n) is 8.39. The smallest absolute Gasteiger partial charge is 0.230 e. The van der Waals surface area contributed by atoms with Crippen molar-refractivity contribution < 1.29 is 19.0 Å². The maximum atomic E-state index is 13.4. The second kappa shape index (κ2) is 9.71. The van der Waals surface area contributed by atoms with Crippen molar-refractivity contribution in [2.75, 3.05) is 44.8 Å². The standard InChI is InChI=1S/C25H28FN5O3S/c1-4-34-20-10-5-17(15-21(20)33-3)22(23-24(32)31-25(35-23)27-16(2)28-31)30-13-11-29(12-14-30)19-8-6-18(26)7-9-19/h5-10,15,22,32H,4,11-14H2,1-3H3/t22-/m0/s1. The molecule has 5 rings (SSSR count). The van der Waals surface area contributed by atoms with Crippen LogP contribution in [0.5, 0.6) is 17.4 Å². The maximum Gasteiger partial charge on any atom is 0.230 e. The summed E-state index contributed by atoms with van der Waals surface area (Å²) < 4.78 is 26.2. The van der Waals surface area contributed by atoms with Gasteiger partial charge in [0.05, 0.1) is 24.6 Å². The molecule has 1 atom stereocenters. The SMILES string of the molecule is CCOc1ccc([C@@H](c2sc3nc(C)nn3c2O)N2CCN(c3ccc(F)cc3)CC2)cc1OC. The van der Waals surface area contributed by atoms with Gasteiger partial charge in [-0.2, -0.15) is 4.52 Å². The summed E-state index contributed by atoms with van der Waals surface area (Å²) in [6, 6.07) is 12.3. The number of piperazine rings is 1. The normalized spacial score (nSPS) is 15.5. The van der Waals surface area contributed by atoms with Crippen LogP contribution in [0.4, 0.5) is 10.1 Å². The number of halogens is 1. The van der Waals surface area contributed by atoms with Gasteiger partial charge in [0.15, 0.2) is 11.5 Å². The van der Waals surface area contributed by atoms with Crippen LogP contribution in [-0.4, -0.2) is 64.5 Å². The van der Waals surface area contributed by atoms with E-state index in [0.29, 0.717) is 28.9 Å². The van der Waals surface area contributed by atoms with Gasteiger partial charge in [0.1, 0.15) is 11.6 Å². The molecule has 4 aromatic rings. The third kappa shape index (κ3) is 4.51. The fourth-order valence-electron chi connectivity index (χ4n) is 4.57. The largest absolute Gasteiger partial charge is 0.493 e. The van der Waals surface area contributed by atoms with Gasteiger partial charge in [0.25, 0.3) is 0 Å². The molecule has 1 aliphatic heterocycles. The molecule has 0 aliphatic carbocycles. The lowest BCUT2D eigenvalue weighted by atomic mass is 10.0. The molecule has 10 heteroatoms. The summed E-state index contributed by atoms with van der Waals surface area (Å²) in [7, 11) is 1.63. The minimum atomic E-state index is -0.237. The number of hydrogen-bond acceptors (Lipinski definition) is 8. The van der Waals surface area contributed by atoms with Crippen LogP contribution in [0.1, 0.15) is 29.2 Å². The lowest BCUT2D eigenvalue weighted by Crippen LogP contribution is -2.47. The van der Waals surface area contributed by atoms with E-state index in [1.807, 2.05) is 44.2 Å². The van der Waals surface area contributed by atoms with Gasteiger partial charge in [-0.15, -0.1) is 5.10 Å². The van der Waals surface area contributed by atoms with E-state index in [1.54, 1.807) is 7.11 Å². The minimum Gasteiger partial charge on any atom is -0.493 e. The zero-order valence-electron chi connectivity index (χ0n) is 19.9. The highest BCUT2D eigenvalue weighted by Gasteiger charge is 2.32. The van der Waals surface area contributed by atoms with E-state index in [-0.39, 0.29) is 17.7 Å². The lowest BCUT2D eigenvalue weighted by Gasteiger charge is -2.40. The van der Waals surface area contributed by atoms with E-state index < -0.39 is 0 Å². The van der Waals surface area contributed by atoms with E-state index in [4.69, 9.17) is 9.47 Å². The highest BCUT2D eigenvalue weighted by atomic mass is 32.1. The molecule has 3 heterocycles. The molecule has 1 fully saturated rings. The van der Waals surface area contributed by atoms with Crippen LogP contribution in [0.15, 0.2) is 42.5 Å². The number of methoxy groups -OCH3 is 1. The molecular weight excluding hydrogens is 469 g/mol. The van der Waals surface area contributed by atoms with E-state index in [1.165, 1.54) is 28.0 Å². The number of aromatic hydroxyl groups is 1. The van der Waals surface area contributed by atoms with Gasteiger partial charge in [-0.3, -0.25) is 4.90 Å². The first-order valence-electron chi connectivity index (χ1n) is 11.6. The lowest BCUT2D eigenvalue weighted by molar-refractivity contribution is 0.210. The summed E-state index contributed by atoms with van der Waals surface area (Å²) >= 11 is 1.44. The Morgan fingerprint density at radius 1 is 1.09 bits per heavy atom. The minimum absolute atomic E-state index is 0.101. The molecule has 1 aliphatic rings. The maximum absolute atomic E-state index is 13.4. The fourth-order valence-corrected chi connectivity index (χ4v) is 5.74. The van der Waals surface area contributed by atoms with Crippen molar-refractivity contribution in [3.63, 3.8) is 0 Å². The molecule has 1 saturated heterocycles. The Labute approximate surface area is 207 Å². The predicted octanol–water partition coefficient (Wildman–Crippen LogP) is 4.26. The molecule has 0 amide bonds. The molecule has 2 aromatic carbocycles. The number of anilines is 1. The summed E-state index contributed by atoms with van der Waals surface area (Å²) in [4.78, 5) is 10.5. The third-order valence-electron chi connectivity index (χ3n) is 6.23. The summed E-state index contributed by atoms with van der Waals surface area (Å²) in [5.41, 5.74) is 1.99. The van der Waals surface area contributed by atoms with Crippen LogP contribution in [0.2, 0.25) is 0 Å². The monoisotopic (exact) mass is 497 g/mol. The van der Waals surface area contributed by atoms with Gasteiger partial charge >= 0.3 is 0 Å². The molecule has 0 bridgehead atoms. The molecule has 184 valence electrons. The number of nitrogens with zero attached hydrogens (tertiary/aromatic N) is 5. The van der Waals surface area contributed by atoms with E-state index in [2.05, 4.69) is 19.9 Å². The van der Waals surface area contributed by atoms with Crippen molar-refractivity contribution in [2.45, 2.75) is 19.9 Å². The Morgan fingerprint density at radius 3 is 2.49 bits per heavy atom. The fraction of sp³-hybridized carbons (Fsp3) is 0.360. The second-order valence-corrected chi connectivity index (χ2v) is 9.40.